The van der Waals surface area contributed by atoms with Gasteiger partial charge in [-0.05, 0) is 29.8 Å². The summed E-state index contributed by atoms with van der Waals surface area (Å²) in [5, 5.41) is 0. The first kappa shape index (κ1) is 12.2. The molecule has 1 aliphatic heterocycles. The van der Waals surface area contributed by atoms with Crippen molar-refractivity contribution >= 4 is 0 Å². The molecule has 0 atom stereocenters. The number of hydrogen-bond acceptors (Lipinski definition) is 2. The Morgan fingerprint density at radius 1 is 1.05 bits per heavy atom. The molecule has 1 aromatic heterocycles. The summed E-state index contributed by atoms with van der Waals surface area (Å²) in [4.78, 5) is 3.70. The van der Waals surface area contributed by atoms with Gasteiger partial charge in [0.15, 0.2) is 0 Å². The molecule has 1 fully saturated rings. The number of nitrogens with zero attached hydrogens (tertiary/aromatic N) is 1. The van der Waals surface area contributed by atoms with Crippen LogP contribution in [-0.4, -0.2) is 18.2 Å². The zero-order chi connectivity index (χ0) is 13.4. The van der Waals surface area contributed by atoms with Crippen molar-refractivity contribution in [1.82, 2.24) is 4.98 Å². The maximum atomic E-state index is 14.0. The monoisotopic (exact) mass is 265 g/mol. The second kappa shape index (κ2) is 4.66. The lowest BCUT2D eigenvalue weighted by atomic mass is 9.95. The summed E-state index contributed by atoms with van der Waals surface area (Å²) in [6.07, 6.45) is 1.30. The van der Waals surface area contributed by atoms with Gasteiger partial charge in [-0.2, -0.15) is 0 Å². The summed E-state index contributed by atoms with van der Waals surface area (Å²) >= 11 is 0. The first-order valence-electron chi connectivity index (χ1n) is 5.84. The van der Waals surface area contributed by atoms with E-state index >= 15 is 0 Å². The molecule has 0 aliphatic carbocycles. The number of rotatable bonds is 2. The van der Waals surface area contributed by atoms with Gasteiger partial charge in [0.25, 0.3) is 0 Å². The molecule has 2 nitrogen and oxygen atoms in total. The van der Waals surface area contributed by atoms with Gasteiger partial charge in [-0.1, -0.05) is 0 Å². The Morgan fingerprint density at radius 3 is 2.26 bits per heavy atom. The van der Waals surface area contributed by atoms with E-state index in [9.17, 15) is 13.2 Å². The van der Waals surface area contributed by atoms with E-state index in [-0.39, 0.29) is 11.6 Å². The maximum absolute atomic E-state index is 14.0. The first-order chi connectivity index (χ1) is 9.16. The minimum Gasteiger partial charge on any atom is -0.380 e. The van der Waals surface area contributed by atoms with Crippen molar-refractivity contribution in [3.05, 3.63) is 53.5 Å². The lowest BCUT2D eigenvalue weighted by Gasteiger charge is -2.26. The molecule has 0 saturated carbocycles. The molecule has 0 unspecified atom stereocenters. The highest BCUT2D eigenvalue weighted by atomic mass is 19.1. The molecule has 5 heteroatoms. The van der Waals surface area contributed by atoms with E-state index in [1.165, 1.54) is 24.4 Å². The Labute approximate surface area is 107 Å². The Hall–Kier alpha value is -1.88. The topological polar surface area (TPSA) is 22.1 Å². The van der Waals surface area contributed by atoms with E-state index in [2.05, 4.69) is 4.98 Å². The van der Waals surface area contributed by atoms with Crippen LogP contribution in [0.15, 0.2) is 30.5 Å². The summed E-state index contributed by atoms with van der Waals surface area (Å²) in [6.45, 7) is 0.909. The van der Waals surface area contributed by atoms with Crippen LogP contribution in [0.2, 0.25) is 0 Å². The molecule has 0 N–H and O–H groups in total. The fraction of sp³-hybridized carbons (Fsp3) is 0.214. The summed E-state index contributed by atoms with van der Waals surface area (Å²) < 4.78 is 46.6. The Balaban J connectivity index is 2.10. The van der Waals surface area contributed by atoms with E-state index in [1.807, 2.05) is 0 Å². The molecule has 2 heterocycles. The number of ether oxygens (including phenoxy) is 1. The van der Waals surface area contributed by atoms with Gasteiger partial charge in [0.05, 0.1) is 18.8 Å². The molecule has 0 bridgehead atoms. The third-order valence-electron chi connectivity index (χ3n) is 3.17. The summed E-state index contributed by atoms with van der Waals surface area (Å²) in [7, 11) is 0. The minimum atomic E-state index is -0.806. The largest absolute Gasteiger partial charge is 0.380 e. The average Bonchev–Trinajstić information content (AvgIpc) is 2.28. The normalized spacial score (nSPS) is 15.3. The van der Waals surface area contributed by atoms with Crippen molar-refractivity contribution in [2.75, 3.05) is 13.2 Å². The summed E-state index contributed by atoms with van der Waals surface area (Å²) in [5.74, 6) is -2.36. The van der Waals surface area contributed by atoms with Gasteiger partial charge in [-0.15, -0.1) is 0 Å². The lowest BCUT2D eigenvalue weighted by molar-refractivity contribution is 0.00822. The molecule has 2 aromatic rings. The highest BCUT2D eigenvalue weighted by Crippen LogP contribution is 2.32. The van der Waals surface area contributed by atoms with Crippen LogP contribution in [0, 0.1) is 17.5 Å². The second-order valence-electron chi connectivity index (χ2n) is 4.43. The van der Waals surface area contributed by atoms with Crippen molar-refractivity contribution in [2.24, 2.45) is 0 Å². The van der Waals surface area contributed by atoms with Gasteiger partial charge in [0, 0.05) is 12.1 Å². The highest BCUT2D eigenvalue weighted by Gasteiger charge is 2.25. The fourth-order valence-electron chi connectivity index (χ4n) is 2.05. The van der Waals surface area contributed by atoms with Crippen LogP contribution in [0.5, 0.6) is 0 Å². The van der Waals surface area contributed by atoms with E-state index < -0.39 is 23.0 Å². The molecule has 0 spiro atoms. The number of aromatic nitrogens is 1. The number of benzene rings is 1. The van der Waals surface area contributed by atoms with Gasteiger partial charge < -0.3 is 4.74 Å². The van der Waals surface area contributed by atoms with Gasteiger partial charge >= 0.3 is 0 Å². The van der Waals surface area contributed by atoms with Crippen LogP contribution >= 0.6 is 0 Å². The Kier molecular flexibility index (Phi) is 2.98. The van der Waals surface area contributed by atoms with Crippen molar-refractivity contribution in [3.8, 4) is 11.3 Å². The second-order valence-corrected chi connectivity index (χ2v) is 4.43. The van der Waals surface area contributed by atoms with E-state index in [0.29, 0.717) is 18.8 Å². The number of pyridine rings is 1. The third kappa shape index (κ3) is 2.10. The number of halogens is 3. The quantitative estimate of drug-likeness (QED) is 0.831. The van der Waals surface area contributed by atoms with Crippen LogP contribution in [-0.2, 0) is 4.74 Å². The molecule has 19 heavy (non-hydrogen) atoms. The van der Waals surface area contributed by atoms with Gasteiger partial charge in [0.2, 0.25) is 0 Å². The van der Waals surface area contributed by atoms with Crippen molar-refractivity contribution in [2.45, 2.75) is 5.92 Å². The number of hydrogen-bond donors (Lipinski definition) is 0. The predicted octanol–water partition coefficient (Wildman–Crippen LogP) is 3.28. The van der Waals surface area contributed by atoms with Crippen molar-refractivity contribution in [1.29, 1.82) is 0 Å². The smallest absolute Gasteiger partial charge is 0.149 e. The molecule has 3 rings (SSSR count). The van der Waals surface area contributed by atoms with E-state index in [1.54, 1.807) is 0 Å². The predicted molar refractivity (Wildman–Crippen MR) is 63.1 cm³/mol. The molecule has 0 amide bonds. The van der Waals surface area contributed by atoms with Crippen molar-refractivity contribution < 1.29 is 17.9 Å². The summed E-state index contributed by atoms with van der Waals surface area (Å²) in [5.41, 5.74) is -0.211. The van der Waals surface area contributed by atoms with Crippen LogP contribution in [0.1, 0.15) is 11.5 Å². The zero-order valence-corrected chi connectivity index (χ0v) is 9.87. The van der Waals surface area contributed by atoms with Crippen LogP contribution in [0.3, 0.4) is 0 Å². The zero-order valence-electron chi connectivity index (χ0n) is 9.87. The molecule has 98 valence electrons. The maximum Gasteiger partial charge on any atom is 0.149 e. The van der Waals surface area contributed by atoms with E-state index in [4.69, 9.17) is 4.74 Å². The molecule has 1 aromatic carbocycles. The van der Waals surface area contributed by atoms with Crippen molar-refractivity contribution in [3.63, 3.8) is 0 Å². The molecule has 1 aliphatic rings. The van der Waals surface area contributed by atoms with Crippen LogP contribution in [0.4, 0.5) is 13.2 Å². The van der Waals surface area contributed by atoms with Gasteiger partial charge in [-0.25, -0.2) is 13.2 Å². The van der Waals surface area contributed by atoms with E-state index in [0.717, 1.165) is 6.07 Å². The standard InChI is InChI=1S/C14H10F3NO/c15-10-2-1-3-18-14(10)13-11(16)4-8(5-12(13)17)9-6-19-7-9/h1-5,9H,6-7H2. The molecular weight excluding hydrogens is 255 g/mol. The first-order valence-corrected chi connectivity index (χ1v) is 5.84. The summed E-state index contributed by atoms with van der Waals surface area (Å²) in [6, 6.07) is 4.93. The SMILES string of the molecule is Fc1cccnc1-c1c(F)cc(C2COC2)cc1F. The van der Waals surface area contributed by atoms with Gasteiger partial charge in [0.1, 0.15) is 23.1 Å². The van der Waals surface area contributed by atoms with Crippen LogP contribution < -0.4 is 0 Å². The Morgan fingerprint density at radius 2 is 1.74 bits per heavy atom. The minimum absolute atomic E-state index is 0.00614. The highest BCUT2D eigenvalue weighted by molar-refractivity contribution is 5.62. The van der Waals surface area contributed by atoms with Gasteiger partial charge in [-0.3, -0.25) is 4.98 Å². The Bertz CT molecular complexity index is 603. The lowest BCUT2D eigenvalue weighted by Crippen LogP contribution is -2.25. The fourth-order valence-corrected chi connectivity index (χ4v) is 2.05. The molecular formula is C14H10F3NO. The molecule has 1 saturated heterocycles. The van der Waals surface area contributed by atoms with Crippen LogP contribution in [0.25, 0.3) is 11.3 Å². The average molecular weight is 265 g/mol. The molecule has 0 radical (unpaired) electrons. The third-order valence-corrected chi connectivity index (χ3v) is 3.17.